The minimum Gasteiger partial charge on any atom is -0.301 e. The van der Waals surface area contributed by atoms with E-state index in [0.29, 0.717) is 10.7 Å². The molecule has 102 valence electrons. The molecule has 1 heterocycles. The van der Waals surface area contributed by atoms with Crippen molar-refractivity contribution in [1.29, 1.82) is 0 Å². The second-order valence-corrected chi connectivity index (χ2v) is 6.13. The molecule has 0 radical (unpaired) electrons. The lowest BCUT2D eigenvalue weighted by Gasteiger charge is -2.24. The predicted octanol–water partition coefficient (Wildman–Crippen LogP) is 2.36. The zero-order chi connectivity index (χ0) is 14.2. The van der Waals surface area contributed by atoms with Gasteiger partial charge in [0.05, 0.1) is 18.2 Å². The van der Waals surface area contributed by atoms with Gasteiger partial charge in [0.25, 0.3) is 5.91 Å². The van der Waals surface area contributed by atoms with E-state index in [0.717, 1.165) is 0 Å². The van der Waals surface area contributed by atoms with Crippen LogP contribution in [0.4, 0.5) is 5.69 Å². The Morgan fingerprint density at radius 3 is 2.58 bits per heavy atom. The molecule has 1 aliphatic heterocycles. The van der Waals surface area contributed by atoms with Gasteiger partial charge in [-0.15, -0.1) is 0 Å². The zero-order valence-corrected chi connectivity index (χ0v) is 12.0. The third-order valence-corrected chi connectivity index (χ3v) is 3.06. The van der Waals surface area contributed by atoms with E-state index >= 15 is 0 Å². The Kier molecular flexibility index (Phi) is 3.65. The van der Waals surface area contributed by atoms with Crippen LogP contribution in [-0.4, -0.2) is 23.4 Å². The Morgan fingerprint density at radius 2 is 2.00 bits per heavy atom. The van der Waals surface area contributed by atoms with Gasteiger partial charge in [-0.25, -0.2) is 4.90 Å². The van der Waals surface area contributed by atoms with E-state index in [2.05, 4.69) is 5.32 Å². The summed E-state index contributed by atoms with van der Waals surface area (Å²) in [6, 6.07) is 6.30. The third kappa shape index (κ3) is 3.14. The fraction of sp³-hybridized carbons (Fsp3) is 0.429. The smallest absolute Gasteiger partial charge is 0.251 e. The maximum atomic E-state index is 12.3. The molecule has 1 aromatic carbocycles. The molecular formula is C14H17ClN2O2. The molecular weight excluding hydrogens is 264 g/mol. The van der Waals surface area contributed by atoms with Crippen LogP contribution in [0.3, 0.4) is 0 Å². The van der Waals surface area contributed by atoms with Crippen molar-refractivity contribution in [2.75, 3.05) is 4.90 Å². The number of carbonyl (C=O) groups excluding carboxylic acids is 2. The maximum absolute atomic E-state index is 12.3. The van der Waals surface area contributed by atoms with Crippen molar-refractivity contribution in [3.05, 3.63) is 29.3 Å². The standard InChI is InChI=1S/C14H17ClN2O2/c1-14(2,3)16-11-8-12(18)17(13(11)19)10-6-4-5-9(15)7-10/h4-7,11,16H,8H2,1-3H3. The highest BCUT2D eigenvalue weighted by Gasteiger charge is 2.40. The molecule has 2 rings (SSSR count). The van der Waals surface area contributed by atoms with Crippen molar-refractivity contribution < 1.29 is 9.59 Å². The van der Waals surface area contributed by atoms with Crippen LogP contribution in [0.5, 0.6) is 0 Å². The maximum Gasteiger partial charge on any atom is 0.251 e. The van der Waals surface area contributed by atoms with Crippen LogP contribution >= 0.6 is 11.6 Å². The van der Waals surface area contributed by atoms with Gasteiger partial charge in [0.15, 0.2) is 0 Å². The molecule has 1 N–H and O–H groups in total. The molecule has 0 aliphatic carbocycles. The Balaban J connectivity index is 2.24. The summed E-state index contributed by atoms with van der Waals surface area (Å²) in [4.78, 5) is 25.5. The highest BCUT2D eigenvalue weighted by molar-refractivity contribution is 6.31. The molecule has 0 bridgehead atoms. The number of nitrogens with zero attached hydrogens (tertiary/aromatic N) is 1. The van der Waals surface area contributed by atoms with Gasteiger partial charge in [-0.05, 0) is 39.0 Å². The van der Waals surface area contributed by atoms with Crippen molar-refractivity contribution in [2.45, 2.75) is 38.8 Å². The topological polar surface area (TPSA) is 49.4 Å². The van der Waals surface area contributed by atoms with Gasteiger partial charge >= 0.3 is 0 Å². The number of halogens is 1. The summed E-state index contributed by atoms with van der Waals surface area (Å²) in [7, 11) is 0. The van der Waals surface area contributed by atoms with Crippen molar-refractivity contribution in [3.63, 3.8) is 0 Å². The molecule has 2 amide bonds. The van der Waals surface area contributed by atoms with Crippen LogP contribution in [0.15, 0.2) is 24.3 Å². The number of nitrogens with one attached hydrogen (secondary N) is 1. The molecule has 1 aliphatic rings. The predicted molar refractivity (Wildman–Crippen MR) is 75.2 cm³/mol. The highest BCUT2D eigenvalue weighted by Crippen LogP contribution is 2.26. The van der Waals surface area contributed by atoms with Crippen LogP contribution in [0.25, 0.3) is 0 Å². The fourth-order valence-corrected chi connectivity index (χ4v) is 2.34. The Labute approximate surface area is 117 Å². The third-order valence-electron chi connectivity index (χ3n) is 2.82. The minimum atomic E-state index is -0.466. The minimum absolute atomic E-state index is 0.183. The van der Waals surface area contributed by atoms with E-state index in [1.165, 1.54) is 4.90 Å². The first kappa shape index (κ1) is 14.0. The number of rotatable bonds is 2. The normalized spacial score (nSPS) is 20.2. The van der Waals surface area contributed by atoms with E-state index in [1.807, 2.05) is 20.8 Å². The quantitative estimate of drug-likeness (QED) is 0.846. The van der Waals surface area contributed by atoms with Gasteiger partial charge in [-0.3, -0.25) is 9.59 Å². The zero-order valence-electron chi connectivity index (χ0n) is 11.2. The molecule has 1 unspecified atom stereocenters. The molecule has 0 saturated carbocycles. The van der Waals surface area contributed by atoms with E-state index < -0.39 is 6.04 Å². The molecule has 0 spiro atoms. The lowest BCUT2D eigenvalue weighted by molar-refractivity contribution is -0.121. The first-order chi connectivity index (χ1) is 8.78. The van der Waals surface area contributed by atoms with E-state index in [1.54, 1.807) is 24.3 Å². The van der Waals surface area contributed by atoms with Gasteiger partial charge in [0, 0.05) is 10.6 Å². The van der Waals surface area contributed by atoms with Gasteiger partial charge in [0.1, 0.15) is 0 Å². The van der Waals surface area contributed by atoms with Crippen LogP contribution in [-0.2, 0) is 9.59 Å². The summed E-state index contributed by atoms with van der Waals surface area (Å²) in [5.41, 5.74) is 0.311. The summed E-state index contributed by atoms with van der Waals surface area (Å²) in [6.45, 7) is 5.90. The number of imide groups is 1. The van der Waals surface area contributed by atoms with Crippen LogP contribution in [0.2, 0.25) is 5.02 Å². The van der Waals surface area contributed by atoms with Crippen molar-refractivity contribution in [1.82, 2.24) is 5.32 Å². The lowest BCUT2D eigenvalue weighted by Crippen LogP contribution is -2.47. The van der Waals surface area contributed by atoms with Gasteiger partial charge < -0.3 is 5.32 Å². The second kappa shape index (κ2) is 4.94. The molecule has 5 heteroatoms. The largest absolute Gasteiger partial charge is 0.301 e. The SMILES string of the molecule is CC(C)(C)NC1CC(=O)N(c2cccc(Cl)c2)C1=O. The summed E-state index contributed by atoms with van der Waals surface area (Å²) < 4.78 is 0. The molecule has 4 nitrogen and oxygen atoms in total. The van der Waals surface area contributed by atoms with Crippen LogP contribution < -0.4 is 10.2 Å². The number of hydrogen-bond donors (Lipinski definition) is 1. The molecule has 19 heavy (non-hydrogen) atoms. The number of hydrogen-bond acceptors (Lipinski definition) is 3. The number of amides is 2. The Hall–Kier alpha value is -1.39. The summed E-state index contributed by atoms with van der Waals surface area (Å²) >= 11 is 5.90. The highest BCUT2D eigenvalue weighted by atomic mass is 35.5. The molecule has 0 aromatic heterocycles. The second-order valence-electron chi connectivity index (χ2n) is 5.70. The van der Waals surface area contributed by atoms with E-state index in [4.69, 9.17) is 11.6 Å². The van der Waals surface area contributed by atoms with Gasteiger partial charge in [0.2, 0.25) is 5.91 Å². The van der Waals surface area contributed by atoms with Gasteiger partial charge in [-0.1, -0.05) is 17.7 Å². The van der Waals surface area contributed by atoms with Crippen molar-refractivity contribution >= 4 is 29.1 Å². The van der Waals surface area contributed by atoms with Crippen molar-refractivity contribution in [3.8, 4) is 0 Å². The number of anilines is 1. The first-order valence-electron chi connectivity index (χ1n) is 6.18. The molecule has 1 aromatic rings. The number of carbonyl (C=O) groups is 2. The first-order valence-corrected chi connectivity index (χ1v) is 6.56. The average Bonchev–Trinajstić information content (AvgIpc) is 2.51. The summed E-state index contributed by atoms with van der Waals surface area (Å²) in [5, 5.41) is 3.67. The lowest BCUT2D eigenvalue weighted by atomic mass is 10.1. The van der Waals surface area contributed by atoms with E-state index in [-0.39, 0.29) is 23.8 Å². The molecule has 1 atom stereocenters. The monoisotopic (exact) mass is 280 g/mol. The molecule has 1 fully saturated rings. The Morgan fingerprint density at radius 1 is 1.32 bits per heavy atom. The van der Waals surface area contributed by atoms with Gasteiger partial charge in [-0.2, -0.15) is 0 Å². The Bertz CT molecular complexity index is 522. The summed E-state index contributed by atoms with van der Waals surface area (Å²) in [6.07, 6.45) is 0.183. The average molecular weight is 281 g/mol. The van der Waals surface area contributed by atoms with Crippen molar-refractivity contribution in [2.24, 2.45) is 0 Å². The summed E-state index contributed by atoms with van der Waals surface area (Å²) in [5.74, 6) is -0.420. The number of benzene rings is 1. The van der Waals surface area contributed by atoms with Crippen LogP contribution in [0.1, 0.15) is 27.2 Å². The fourth-order valence-electron chi connectivity index (χ4n) is 2.15. The van der Waals surface area contributed by atoms with E-state index in [9.17, 15) is 9.59 Å². The molecule has 1 saturated heterocycles. The van der Waals surface area contributed by atoms with Crippen LogP contribution in [0, 0.1) is 0 Å².